The van der Waals surface area contributed by atoms with E-state index in [1.54, 1.807) is 14.2 Å². The lowest BCUT2D eigenvalue weighted by molar-refractivity contribution is 0.111. The fourth-order valence-corrected chi connectivity index (χ4v) is 2.97. The number of nitrogens with one attached hydrogen (secondary N) is 1. The van der Waals surface area contributed by atoms with Crippen LogP contribution in [0.1, 0.15) is 31.2 Å². The molecule has 20 heavy (non-hydrogen) atoms. The largest absolute Gasteiger partial charge is 0.493 e. The van der Waals surface area contributed by atoms with Crippen LogP contribution in [0.2, 0.25) is 5.02 Å². The molecule has 1 aliphatic carbocycles. The Balaban J connectivity index is 2.02. The van der Waals surface area contributed by atoms with Crippen molar-refractivity contribution in [3.05, 3.63) is 22.7 Å². The van der Waals surface area contributed by atoms with Crippen LogP contribution in [0, 0.1) is 0 Å². The molecular weight excluding hydrogens is 278 g/mol. The van der Waals surface area contributed by atoms with Crippen LogP contribution >= 0.6 is 11.6 Å². The van der Waals surface area contributed by atoms with Gasteiger partial charge in [-0.1, -0.05) is 17.7 Å². The molecule has 0 radical (unpaired) electrons. The van der Waals surface area contributed by atoms with Crippen molar-refractivity contribution in [1.82, 2.24) is 5.32 Å². The molecule has 112 valence electrons. The molecule has 2 atom stereocenters. The Morgan fingerprint density at radius 1 is 1.30 bits per heavy atom. The maximum Gasteiger partial charge on any atom is 0.179 e. The van der Waals surface area contributed by atoms with Crippen LogP contribution in [-0.2, 0) is 6.54 Å². The van der Waals surface area contributed by atoms with Crippen LogP contribution in [0.15, 0.2) is 12.1 Å². The van der Waals surface area contributed by atoms with E-state index in [2.05, 4.69) is 5.32 Å². The van der Waals surface area contributed by atoms with Gasteiger partial charge in [0.15, 0.2) is 11.5 Å². The van der Waals surface area contributed by atoms with Crippen molar-refractivity contribution in [2.45, 2.75) is 44.4 Å². The molecule has 0 saturated heterocycles. The average Bonchev–Trinajstić information content (AvgIpc) is 2.45. The molecule has 0 aromatic heterocycles. The Kier molecular flexibility index (Phi) is 5.52. The number of halogens is 1. The van der Waals surface area contributed by atoms with Crippen molar-refractivity contribution in [1.29, 1.82) is 0 Å². The molecule has 0 heterocycles. The minimum atomic E-state index is -0.179. The van der Waals surface area contributed by atoms with Crippen LogP contribution in [0.4, 0.5) is 0 Å². The second-order valence-electron chi connectivity index (χ2n) is 5.17. The fourth-order valence-electron chi connectivity index (χ4n) is 2.67. The first kappa shape index (κ1) is 15.4. The predicted molar refractivity (Wildman–Crippen MR) is 79.7 cm³/mol. The molecule has 0 spiro atoms. The summed E-state index contributed by atoms with van der Waals surface area (Å²) >= 11 is 6.34. The van der Waals surface area contributed by atoms with E-state index in [1.807, 2.05) is 12.1 Å². The summed E-state index contributed by atoms with van der Waals surface area (Å²) < 4.78 is 10.5. The van der Waals surface area contributed by atoms with Crippen molar-refractivity contribution in [2.24, 2.45) is 0 Å². The van der Waals surface area contributed by atoms with E-state index in [0.717, 1.165) is 31.2 Å². The van der Waals surface area contributed by atoms with Crippen LogP contribution in [-0.4, -0.2) is 31.5 Å². The van der Waals surface area contributed by atoms with E-state index in [-0.39, 0.29) is 6.10 Å². The van der Waals surface area contributed by atoms with E-state index in [1.165, 1.54) is 0 Å². The first-order chi connectivity index (χ1) is 9.65. The van der Waals surface area contributed by atoms with Gasteiger partial charge < -0.3 is 19.9 Å². The van der Waals surface area contributed by atoms with Gasteiger partial charge in [-0.25, -0.2) is 0 Å². The van der Waals surface area contributed by atoms with Gasteiger partial charge in [-0.05, 0) is 37.3 Å². The molecule has 1 aliphatic rings. The minimum Gasteiger partial charge on any atom is -0.493 e. The second kappa shape index (κ2) is 7.16. The molecule has 2 unspecified atom stereocenters. The zero-order valence-corrected chi connectivity index (χ0v) is 12.7. The summed E-state index contributed by atoms with van der Waals surface area (Å²) in [5.41, 5.74) is 0.976. The van der Waals surface area contributed by atoms with E-state index in [9.17, 15) is 5.11 Å². The number of hydrogen-bond acceptors (Lipinski definition) is 4. The lowest BCUT2D eigenvalue weighted by Gasteiger charge is -2.27. The van der Waals surface area contributed by atoms with Crippen LogP contribution in [0.5, 0.6) is 11.5 Å². The number of benzene rings is 1. The number of aliphatic hydroxyl groups excluding tert-OH is 1. The SMILES string of the molecule is COc1ccc(CNC2CCCC(O)C2)c(Cl)c1OC. The Hall–Kier alpha value is -0.970. The summed E-state index contributed by atoms with van der Waals surface area (Å²) in [4.78, 5) is 0. The van der Waals surface area contributed by atoms with Gasteiger partial charge >= 0.3 is 0 Å². The van der Waals surface area contributed by atoms with Gasteiger partial charge in [0, 0.05) is 12.6 Å². The highest BCUT2D eigenvalue weighted by molar-refractivity contribution is 6.33. The monoisotopic (exact) mass is 299 g/mol. The molecule has 5 heteroatoms. The Labute approximate surface area is 125 Å². The third kappa shape index (κ3) is 3.57. The van der Waals surface area contributed by atoms with E-state index < -0.39 is 0 Å². The van der Waals surface area contributed by atoms with E-state index in [4.69, 9.17) is 21.1 Å². The molecule has 1 aromatic carbocycles. The van der Waals surface area contributed by atoms with Gasteiger partial charge in [0.2, 0.25) is 0 Å². The van der Waals surface area contributed by atoms with Crippen molar-refractivity contribution >= 4 is 11.6 Å². The molecule has 1 saturated carbocycles. The molecule has 4 nitrogen and oxygen atoms in total. The highest BCUT2D eigenvalue weighted by Crippen LogP contribution is 2.37. The molecule has 2 rings (SSSR count). The van der Waals surface area contributed by atoms with E-state index >= 15 is 0 Å². The summed E-state index contributed by atoms with van der Waals surface area (Å²) in [6.45, 7) is 0.663. The molecular formula is C15H22ClNO3. The van der Waals surface area contributed by atoms with Crippen LogP contribution in [0.3, 0.4) is 0 Å². The Bertz CT molecular complexity index is 453. The normalized spacial score (nSPS) is 22.6. The number of methoxy groups -OCH3 is 2. The summed E-state index contributed by atoms with van der Waals surface area (Å²) in [5, 5.41) is 13.7. The maximum absolute atomic E-state index is 9.68. The van der Waals surface area contributed by atoms with Gasteiger partial charge in [0.25, 0.3) is 0 Å². The quantitative estimate of drug-likeness (QED) is 0.878. The minimum absolute atomic E-state index is 0.179. The maximum atomic E-state index is 9.68. The molecule has 0 aliphatic heterocycles. The average molecular weight is 300 g/mol. The second-order valence-corrected chi connectivity index (χ2v) is 5.55. The lowest BCUT2D eigenvalue weighted by atomic mass is 9.93. The van der Waals surface area contributed by atoms with Crippen LogP contribution in [0.25, 0.3) is 0 Å². The number of aliphatic hydroxyl groups is 1. The van der Waals surface area contributed by atoms with Gasteiger partial charge in [0.1, 0.15) is 0 Å². The highest BCUT2D eigenvalue weighted by Gasteiger charge is 2.20. The van der Waals surface area contributed by atoms with Gasteiger partial charge in [-0.3, -0.25) is 0 Å². The third-order valence-corrected chi connectivity index (χ3v) is 4.21. The number of ether oxygens (including phenoxy) is 2. The lowest BCUT2D eigenvalue weighted by Crippen LogP contribution is -2.35. The summed E-state index contributed by atoms with van der Waals surface area (Å²) in [6, 6.07) is 4.15. The van der Waals surface area contributed by atoms with Crippen molar-refractivity contribution in [2.75, 3.05) is 14.2 Å². The van der Waals surface area contributed by atoms with Crippen molar-refractivity contribution in [3.8, 4) is 11.5 Å². The fraction of sp³-hybridized carbons (Fsp3) is 0.600. The van der Waals surface area contributed by atoms with Gasteiger partial charge in [0.05, 0.1) is 25.3 Å². The van der Waals surface area contributed by atoms with Crippen molar-refractivity contribution in [3.63, 3.8) is 0 Å². The number of hydrogen-bond donors (Lipinski definition) is 2. The highest BCUT2D eigenvalue weighted by atomic mass is 35.5. The summed E-state index contributed by atoms with van der Waals surface area (Å²) in [7, 11) is 3.17. The predicted octanol–water partition coefficient (Wildman–Crippen LogP) is 2.75. The summed E-state index contributed by atoms with van der Waals surface area (Å²) in [5.74, 6) is 1.20. The third-order valence-electron chi connectivity index (χ3n) is 3.79. The zero-order valence-electron chi connectivity index (χ0n) is 12.0. The molecule has 2 N–H and O–H groups in total. The molecule has 0 amide bonds. The molecule has 1 aromatic rings. The smallest absolute Gasteiger partial charge is 0.179 e. The number of rotatable bonds is 5. The Morgan fingerprint density at radius 2 is 2.10 bits per heavy atom. The molecule has 1 fully saturated rings. The van der Waals surface area contributed by atoms with Gasteiger partial charge in [-0.2, -0.15) is 0 Å². The van der Waals surface area contributed by atoms with Gasteiger partial charge in [-0.15, -0.1) is 0 Å². The van der Waals surface area contributed by atoms with E-state index in [0.29, 0.717) is 29.1 Å². The topological polar surface area (TPSA) is 50.7 Å². The van der Waals surface area contributed by atoms with Crippen molar-refractivity contribution < 1.29 is 14.6 Å². The first-order valence-electron chi connectivity index (χ1n) is 6.96. The summed E-state index contributed by atoms with van der Waals surface area (Å²) in [6.07, 6.45) is 3.71. The first-order valence-corrected chi connectivity index (χ1v) is 7.34. The van der Waals surface area contributed by atoms with Crippen LogP contribution < -0.4 is 14.8 Å². The standard InChI is InChI=1S/C15H22ClNO3/c1-19-13-7-6-10(14(16)15(13)20-2)9-17-11-4-3-5-12(18)8-11/h6-7,11-12,17-18H,3-5,8-9H2,1-2H3. The molecule has 0 bridgehead atoms. The zero-order chi connectivity index (χ0) is 14.5. The Morgan fingerprint density at radius 3 is 2.75 bits per heavy atom.